The van der Waals surface area contributed by atoms with Crippen molar-refractivity contribution in [3.05, 3.63) is 70.8 Å². The zero-order valence-electron chi connectivity index (χ0n) is 14.3. The molecule has 0 spiro atoms. The van der Waals surface area contributed by atoms with Gasteiger partial charge in [-0.25, -0.2) is 8.96 Å². The highest BCUT2D eigenvalue weighted by atomic mass is 32.2. The molecule has 1 N–H and O–H groups in total. The fourth-order valence-electron chi connectivity index (χ4n) is 2.33. The molecule has 3 aromatic rings. The first kappa shape index (κ1) is 17.9. The van der Waals surface area contributed by atoms with Crippen molar-refractivity contribution >= 4 is 10.2 Å². The first-order chi connectivity index (χ1) is 12.4. The maximum atomic E-state index is 12.5. The molecule has 8 nitrogen and oxygen atoms in total. The quantitative estimate of drug-likeness (QED) is 0.705. The Morgan fingerprint density at radius 1 is 1.19 bits per heavy atom. The summed E-state index contributed by atoms with van der Waals surface area (Å²) in [5.74, 6) is 0.0808. The molecular weight excluding hydrogens is 356 g/mol. The van der Waals surface area contributed by atoms with Crippen LogP contribution in [0.4, 0.5) is 0 Å². The number of hydrogen-bond acceptors (Lipinski definition) is 5. The maximum Gasteiger partial charge on any atom is 0.308 e. The third kappa shape index (κ3) is 3.39. The highest BCUT2D eigenvalue weighted by molar-refractivity contribution is 7.87. The molecule has 0 fully saturated rings. The second-order valence-corrected chi connectivity index (χ2v) is 7.68. The van der Waals surface area contributed by atoms with Gasteiger partial charge in [-0.2, -0.15) is 12.7 Å². The Balaban J connectivity index is 2.04. The van der Waals surface area contributed by atoms with Crippen molar-refractivity contribution in [2.75, 3.05) is 14.1 Å². The fraction of sp³-hybridized carbons (Fsp3) is 0.176. The van der Waals surface area contributed by atoms with E-state index in [1.807, 2.05) is 30.3 Å². The van der Waals surface area contributed by atoms with Gasteiger partial charge in [-0.1, -0.05) is 30.3 Å². The van der Waals surface area contributed by atoms with Crippen LogP contribution in [-0.4, -0.2) is 40.8 Å². The molecule has 0 radical (unpaired) electrons. The van der Waals surface area contributed by atoms with Gasteiger partial charge in [-0.15, -0.1) is 0 Å². The second-order valence-electron chi connectivity index (χ2n) is 5.66. The van der Waals surface area contributed by atoms with Crippen molar-refractivity contribution in [2.45, 2.75) is 6.61 Å². The van der Waals surface area contributed by atoms with Crippen molar-refractivity contribution in [1.82, 2.24) is 18.2 Å². The Labute approximate surface area is 150 Å². The largest absolute Gasteiger partial charge is 0.483 e. The molecule has 0 atom stereocenters. The third-order valence-electron chi connectivity index (χ3n) is 3.68. The van der Waals surface area contributed by atoms with Crippen LogP contribution in [0.3, 0.4) is 0 Å². The predicted molar refractivity (Wildman–Crippen MR) is 97.1 cm³/mol. The van der Waals surface area contributed by atoms with E-state index >= 15 is 0 Å². The molecular formula is C17H18N4O4S. The summed E-state index contributed by atoms with van der Waals surface area (Å²) in [5, 5.41) is 0. The zero-order chi connectivity index (χ0) is 18.7. The molecule has 3 rings (SSSR count). The number of aromatic nitrogens is 3. The molecule has 0 aliphatic carbocycles. The average molecular weight is 374 g/mol. The fourth-order valence-corrected chi connectivity index (χ4v) is 3.25. The molecule has 0 bridgehead atoms. The Hall–Kier alpha value is -2.91. The molecule has 26 heavy (non-hydrogen) atoms. The summed E-state index contributed by atoms with van der Waals surface area (Å²) in [6.45, 7) is 0.169. The van der Waals surface area contributed by atoms with Gasteiger partial charge < -0.3 is 9.72 Å². The predicted octanol–water partition coefficient (Wildman–Crippen LogP) is 1.47. The second kappa shape index (κ2) is 7.14. The standard InChI is InChI=1S/C17H18N4O4S/c1-20(2)26(23,24)21-11-10-19-17(21)15-16(14(22)8-9-18-15)25-12-13-6-4-3-5-7-13/h3-11H,12H2,1-2H3,(H,18,22). The van der Waals surface area contributed by atoms with Crippen LogP contribution in [0.25, 0.3) is 11.5 Å². The van der Waals surface area contributed by atoms with E-state index < -0.39 is 10.2 Å². The summed E-state index contributed by atoms with van der Waals surface area (Å²) in [6, 6.07) is 10.7. The monoisotopic (exact) mass is 374 g/mol. The van der Waals surface area contributed by atoms with E-state index in [9.17, 15) is 13.2 Å². The number of nitrogens with zero attached hydrogens (tertiary/aromatic N) is 3. The normalized spacial score (nSPS) is 11.7. The summed E-state index contributed by atoms with van der Waals surface area (Å²) in [6.07, 6.45) is 4.09. The minimum Gasteiger partial charge on any atom is -0.483 e. The molecule has 0 aliphatic heterocycles. The first-order valence-corrected chi connectivity index (χ1v) is 9.16. The number of hydrogen-bond donors (Lipinski definition) is 1. The lowest BCUT2D eigenvalue weighted by Gasteiger charge is -2.15. The number of imidazole rings is 1. The van der Waals surface area contributed by atoms with Gasteiger partial charge in [0.25, 0.3) is 0 Å². The molecule has 1 aromatic carbocycles. The molecule has 0 amide bonds. The van der Waals surface area contributed by atoms with Crippen LogP contribution in [-0.2, 0) is 16.8 Å². The third-order valence-corrected chi connectivity index (χ3v) is 5.40. The van der Waals surface area contributed by atoms with Gasteiger partial charge in [-0.05, 0) is 5.56 Å². The molecule has 0 aliphatic rings. The molecule has 0 saturated heterocycles. The van der Waals surface area contributed by atoms with Gasteiger partial charge in [0, 0.05) is 38.8 Å². The van der Waals surface area contributed by atoms with Crippen molar-refractivity contribution in [3.8, 4) is 17.3 Å². The Kier molecular flexibility index (Phi) is 4.92. The number of nitrogens with one attached hydrogen (secondary N) is 1. The summed E-state index contributed by atoms with van der Waals surface area (Å²) in [4.78, 5) is 19.3. The minimum atomic E-state index is -3.80. The van der Waals surface area contributed by atoms with E-state index in [2.05, 4.69) is 9.97 Å². The Morgan fingerprint density at radius 2 is 1.92 bits per heavy atom. The molecule has 136 valence electrons. The number of rotatable bonds is 6. The van der Waals surface area contributed by atoms with Crippen molar-refractivity contribution < 1.29 is 13.2 Å². The van der Waals surface area contributed by atoms with Gasteiger partial charge >= 0.3 is 10.2 Å². The van der Waals surface area contributed by atoms with Gasteiger partial charge in [0.2, 0.25) is 5.43 Å². The zero-order valence-corrected chi connectivity index (χ0v) is 15.1. The first-order valence-electron chi connectivity index (χ1n) is 7.76. The molecule has 2 heterocycles. The Morgan fingerprint density at radius 3 is 2.62 bits per heavy atom. The Bertz CT molecular complexity index is 1060. The van der Waals surface area contributed by atoms with E-state index in [1.54, 1.807) is 0 Å². The van der Waals surface area contributed by atoms with E-state index in [0.29, 0.717) is 0 Å². The average Bonchev–Trinajstić information content (AvgIpc) is 3.11. The highest BCUT2D eigenvalue weighted by Gasteiger charge is 2.24. The van der Waals surface area contributed by atoms with Crippen LogP contribution in [0.15, 0.2) is 59.8 Å². The number of H-pyrrole nitrogens is 1. The van der Waals surface area contributed by atoms with Crippen molar-refractivity contribution in [3.63, 3.8) is 0 Å². The highest BCUT2D eigenvalue weighted by Crippen LogP contribution is 2.25. The number of aromatic amines is 1. The van der Waals surface area contributed by atoms with E-state index in [-0.39, 0.29) is 29.3 Å². The number of pyridine rings is 1. The van der Waals surface area contributed by atoms with E-state index in [4.69, 9.17) is 4.74 Å². The maximum absolute atomic E-state index is 12.5. The van der Waals surface area contributed by atoms with Crippen molar-refractivity contribution in [1.29, 1.82) is 0 Å². The minimum absolute atomic E-state index is 0.0118. The summed E-state index contributed by atoms with van der Waals surface area (Å²) in [5.41, 5.74) is 0.710. The van der Waals surface area contributed by atoms with E-state index in [0.717, 1.165) is 13.8 Å². The SMILES string of the molecule is CN(C)S(=O)(=O)n1ccnc1-c1[nH]ccc(=O)c1OCc1ccccc1. The summed E-state index contributed by atoms with van der Waals surface area (Å²) in [7, 11) is -0.967. The number of ether oxygens (including phenoxy) is 1. The van der Waals surface area contributed by atoms with Gasteiger partial charge in [0.15, 0.2) is 11.6 Å². The number of benzene rings is 1. The molecule has 9 heteroatoms. The van der Waals surface area contributed by atoms with Crippen LogP contribution in [0.2, 0.25) is 0 Å². The lowest BCUT2D eigenvalue weighted by Crippen LogP contribution is -2.29. The van der Waals surface area contributed by atoms with Gasteiger partial charge in [-0.3, -0.25) is 4.79 Å². The summed E-state index contributed by atoms with van der Waals surface area (Å²) < 4.78 is 32.7. The molecule has 2 aromatic heterocycles. The molecule has 0 saturated carbocycles. The van der Waals surface area contributed by atoms with Crippen LogP contribution in [0.5, 0.6) is 5.75 Å². The van der Waals surface area contributed by atoms with Gasteiger partial charge in [0.05, 0.1) is 0 Å². The molecule has 0 unspecified atom stereocenters. The smallest absolute Gasteiger partial charge is 0.308 e. The van der Waals surface area contributed by atoms with Crippen LogP contribution >= 0.6 is 0 Å². The van der Waals surface area contributed by atoms with Crippen LogP contribution in [0, 0.1) is 0 Å². The summed E-state index contributed by atoms with van der Waals surface area (Å²) >= 11 is 0. The lowest BCUT2D eigenvalue weighted by molar-refractivity contribution is 0.303. The van der Waals surface area contributed by atoms with Crippen LogP contribution in [0.1, 0.15) is 5.56 Å². The van der Waals surface area contributed by atoms with Crippen molar-refractivity contribution in [2.24, 2.45) is 0 Å². The van der Waals surface area contributed by atoms with Crippen LogP contribution < -0.4 is 10.2 Å². The lowest BCUT2D eigenvalue weighted by atomic mass is 10.2. The van der Waals surface area contributed by atoms with Gasteiger partial charge in [0.1, 0.15) is 12.3 Å². The topological polar surface area (TPSA) is 97.3 Å². The van der Waals surface area contributed by atoms with E-state index in [1.165, 1.54) is 38.8 Å².